The van der Waals surface area contributed by atoms with Crippen molar-refractivity contribution in [1.29, 1.82) is 0 Å². The summed E-state index contributed by atoms with van der Waals surface area (Å²) in [4.78, 5) is 4.07. The second-order valence-electron chi connectivity index (χ2n) is 5.67. The summed E-state index contributed by atoms with van der Waals surface area (Å²) in [5, 5.41) is 6.93. The van der Waals surface area contributed by atoms with E-state index in [2.05, 4.69) is 15.1 Å². The highest BCUT2D eigenvalue weighted by atomic mass is 19.4. The van der Waals surface area contributed by atoms with Crippen LogP contribution in [-0.2, 0) is 12.7 Å². The van der Waals surface area contributed by atoms with Gasteiger partial charge in [-0.15, -0.1) is 10.2 Å². The Morgan fingerprint density at radius 1 is 0.958 bits per heavy atom. The lowest BCUT2D eigenvalue weighted by molar-refractivity contribution is -0.141. The van der Waals surface area contributed by atoms with Crippen LogP contribution in [0.1, 0.15) is 11.3 Å². The van der Waals surface area contributed by atoms with Gasteiger partial charge in [-0.3, -0.25) is 4.90 Å². The Kier molecular flexibility index (Phi) is 4.66. The maximum Gasteiger partial charge on any atom is 0.435 e. The minimum absolute atomic E-state index is 0.258. The molecule has 1 aliphatic rings. The number of anilines is 1. The predicted octanol–water partition coefficient (Wildman–Crippen LogP) is 2.96. The van der Waals surface area contributed by atoms with Gasteiger partial charge in [0.1, 0.15) is 5.82 Å². The fraction of sp³-hybridized carbons (Fsp3) is 0.375. The molecule has 1 aliphatic heterocycles. The SMILES string of the molecule is Fc1cccc(CN2CCN(c3ccc(C(F)(F)F)nn3)CC2)c1. The first-order valence-electron chi connectivity index (χ1n) is 7.54. The van der Waals surface area contributed by atoms with Gasteiger partial charge < -0.3 is 4.90 Å². The molecule has 24 heavy (non-hydrogen) atoms. The number of alkyl halides is 3. The lowest BCUT2D eigenvalue weighted by atomic mass is 10.2. The van der Waals surface area contributed by atoms with Crippen LogP contribution in [0.25, 0.3) is 0 Å². The molecule has 2 aromatic rings. The fourth-order valence-electron chi connectivity index (χ4n) is 2.67. The molecule has 1 aromatic carbocycles. The van der Waals surface area contributed by atoms with E-state index in [9.17, 15) is 17.6 Å². The van der Waals surface area contributed by atoms with Crippen LogP contribution in [0.15, 0.2) is 36.4 Å². The first-order valence-corrected chi connectivity index (χ1v) is 7.54. The molecule has 0 aliphatic carbocycles. The molecule has 128 valence electrons. The van der Waals surface area contributed by atoms with Gasteiger partial charge in [-0.25, -0.2) is 4.39 Å². The summed E-state index contributed by atoms with van der Waals surface area (Å²) in [7, 11) is 0. The molecular formula is C16H16F4N4. The first-order chi connectivity index (χ1) is 11.4. The molecule has 0 unspecified atom stereocenters. The molecule has 0 N–H and O–H groups in total. The number of rotatable bonds is 3. The highest BCUT2D eigenvalue weighted by Gasteiger charge is 2.33. The Labute approximate surface area is 136 Å². The topological polar surface area (TPSA) is 32.3 Å². The van der Waals surface area contributed by atoms with Gasteiger partial charge in [-0.2, -0.15) is 13.2 Å². The van der Waals surface area contributed by atoms with Crippen molar-refractivity contribution in [3.8, 4) is 0 Å². The normalized spacial score (nSPS) is 16.4. The predicted molar refractivity (Wildman–Crippen MR) is 80.9 cm³/mol. The van der Waals surface area contributed by atoms with Crippen LogP contribution in [-0.4, -0.2) is 41.3 Å². The molecule has 0 saturated carbocycles. The molecule has 4 nitrogen and oxygen atoms in total. The van der Waals surface area contributed by atoms with Crippen molar-refractivity contribution >= 4 is 5.82 Å². The van der Waals surface area contributed by atoms with Gasteiger partial charge in [0, 0.05) is 32.7 Å². The van der Waals surface area contributed by atoms with Gasteiger partial charge in [0.25, 0.3) is 0 Å². The van der Waals surface area contributed by atoms with E-state index < -0.39 is 11.9 Å². The number of benzene rings is 1. The van der Waals surface area contributed by atoms with Crippen molar-refractivity contribution in [3.05, 3.63) is 53.5 Å². The van der Waals surface area contributed by atoms with Crippen molar-refractivity contribution in [3.63, 3.8) is 0 Å². The Balaban J connectivity index is 1.57. The lowest BCUT2D eigenvalue weighted by Crippen LogP contribution is -2.46. The van der Waals surface area contributed by atoms with Crippen LogP contribution >= 0.6 is 0 Å². The highest BCUT2D eigenvalue weighted by molar-refractivity contribution is 5.38. The van der Waals surface area contributed by atoms with Gasteiger partial charge in [0.15, 0.2) is 11.5 Å². The molecular weight excluding hydrogens is 324 g/mol. The zero-order valence-corrected chi connectivity index (χ0v) is 12.8. The minimum atomic E-state index is -4.48. The van der Waals surface area contributed by atoms with E-state index in [1.807, 2.05) is 11.0 Å². The number of nitrogens with zero attached hydrogens (tertiary/aromatic N) is 4. The van der Waals surface area contributed by atoms with Crippen LogP contribution in [0.5, 0.6) is 0 Å². The summed E-state index contributed by atoms with van der Waals surface area (Å²) in [6.07, 6.45) is -4.48. The summed E-state index contributed by atoms with van der Waals surface area (Å²) in [6.45, 7) is 3.35. The number of halogens is 4. The maximum atomic E-state index is 13.2. The van der Waals surface area contributed by atoms with E-state index in [1.54, 1.807) is 6.07 Å². The monoisotopic (exact) mass is 340 g/mol. The van der Waals surface area contributed by atoms with Gasteiger partial charge in [-0.05, 0) is 29.8 Å². The van der Waals surface area contributed by atoms with E-state index in [4.69, 9.17) is 0 Å². The summed E-state index contributed by atoms with van der Waals surface area (Å²) in [5.74, 6) is 0.180. The fourth-order valence-corrected chi connectivity index (χ4v) is 2.67. The van der Waals surface area contributed by atoms with E-state index in [0.717, 1.165) is 24.7 Å². The van der Waals surface area contributed by atoms with E-state index in [0.29, 0.717) is 25.5 Å². The third-order valence-electron chi connectivity index (χ3n) is 3.93. The maximum absolute atomic E-state index is 13.2. The van der Waals surface area contributed by atoms with E-state index >= 15 is 0 Å². The molecule has 0 amide bonds. The van der Waals surface area contributed by atoms with Gasteiger partial charge >= 0.3 is 6.18 Å². The Morgan fingerprint density at radius 2 is 1.71 bits per heavy atom. The molecule has 1 fully saturated rings. The molecule has 0 spiro atoms. The van der Waals surface area contributed by atoms with Crippen LogP contribution < -0.4 is 4.90 Å². The quantitative estimate of drug-likeness (QED) is 0.804. The van der Waals surface area contributed by atoms with Crippen LogP contribution in [0.4, 0.5) is 23.4 Å². The first kappa shape index (κ1) is 16.6. The Bertz CT molecular complexity index is 679. The van der Waals surface area contributed by atoms with Crippen molar-refractivity contribution in [2.24, 2.45) is 0 Å². The van der Waals surface area contributed by atoms with E-state index in [-0.39, 0.29) is 5.82 Å². The zero-order chi connectivity index (χ0) is 17.2. The van der Waals surface area contributed by atoms with Gasteiger partial charge in [0.05, 0.1) is 0 Å². The average Bonchev–Trinajstić information content (AvgIpc) is 2.55. The molecule has 0 atom stereocenters. The Hall–Kier alpha value is -2.22. The molecule has 8 heteroatoms. The summed E-state index contributed by atoms with van der Waals surface area (Å²) < 4.78 is 50.7. The van der Waals surface area contributed by atoms with Gasteiger partial charge in [-0.1, -0.05) is 12.1 Å². The van der Waals surface area contributed by atoms with Crippen molar-refractivity contribution in [2.45, 2.75) is 12.7 Å². The van der Waals surface area contributed by atoms with Crippen LogP contribution in [0, 0.1) is 5.82 Å². The van der Waals surface area contributed by atoms with Gasteiger partial charge in [0.2, 0.25) is 0 Å². The third-order valence-corrected chi connectivity index (χ3v) is 3.93. The third kappa shape index (κ3) is 4.00. The van der Waals surface area contributed by atoms with Crippen molar-refractivity contribution in [1.82, 2.24) is 15.1 Å². The molecule has 1 aromatic heterocycles. The number of aromatic nitrogens is 2. The number of hydrogen-bond donors (Lipinski definition) is 0. The zero-order valence-electron chi connectivity index (χ0n) is 12.8. The molecule has 0 radical (unpaired) electrons. The highest BCUT2D eigenvalue weighted by Crippen LogP contribution is 2.27. The second kappa shape index (κ2) is 6.72. The Morgan fingerprint density at radius 3 is 2.29 bits per heavy atom. The minimum Gasteiger partial charge on any atom is -0.353 e. The number of piperazine rings is 1. The molecule has 2 heterocycles. The number of hydrogen-bond acceptors (Lipinski definition) is 4. The van der Waals surface area contributed by atoms with Crippen LogP contribution in [0.3, 0.4) is 0 Å². The molecule has 3 rings (SSSR count). The van der Waals surface area contributed by atoms with Crippen molar-refractivity contribution in [2.75, 3.05) is 31.1 Å². The lowest BCUT2D eigenvalue weighted by Gasteiger charge is -2.35. The average molecular weight is 340 g/mol. The summed E-state index contributed by atoms with van der Waals surface area (Å²) >= 11 is 0. The summed E-state index contributed by atoms with van der Waals surface area (Å²) in [5.41, 5.74) is -0.0891. The molecule has 1 saturated heterocycles. The largest absolute Gasteiger partial charge is 0.435 e. The molecule has 0 bridgehead atoms. The summed E-state index contributed by atoms with van der Waals surface area (Å²) in [6, 6.07) is 8.76. The second-order valence-corrected chi connectivity index (χ2v) is 5.67. The van der Waals surface area contributed by atoms with Crippen LogP contribution in [0.2, 0.25) is 0 Å². The smallest absolute Gasteiger partial charge is 0.353 e. The van der Waals surface area contributed by atoms with E-state index in [1.165, 1.54) is 18.2 Å². The standard InChI is InChI=1S/C16H16F4N4/c17-13-3-1-2-12(10-13)11-23-6-8-24(9-7-23)15-5-4-14(21-22-15)16(18,19)20/h1-5,10H,6-9,11H2. The van der Waals surface area contributed by atoms with Crippen molar-refractivity contribution < 1.29 is 17.6 Å².